The highest BCUT2D eigenvalue weighted by Gasteiger charge is 2.29. The van der Waals surface area contributed by atoms with Crippen molar-refractivity contribution < 1.29 is 11.0 Å². The first-order chi connectivity index (χ1) is 19.7. The summed E-state index contributed by atoms with van der Waals surface area (Å²) >= 11 is 0. The van der Waals surface area contributed by atoms with Crippen molar-refractivity contribution in [1.82, 2.24) is 4.90 Å². The van der Waals surface area contributed by atoms with E-state index in [1.807, 2.05) is 24.3 Å². The Labute approximate surface area is 241 Å². The maximum atomic E-state index is 13.3. The fraction of sp³-hybridized carbons (Fsp3) is 0.405. The molecule has 3 aromatic carbocycles. The van der Waals surface area contributed by atoms with Crippen LogP contribution in [0.3, 0.4) is 0 Å². The van der Waals surface area contributed by atoms with Crippen molar-refractivity contribution in [2.75, 3.05) is 19.6 Å². The summed E-state index contributed by atoms with van der Waals surface area (Å²) in [6, 6.07) is 27.2. The second kappa shape index (κ2) is 14.4. The van der Waals surface area contributed by atoms with E-state index in [1.54, 1.807) is 6.08 Å². The molecule has 0 saturated carbocycles. The Morgan fingerprint density at radius 3 is 2.40 bits per heavy atom. The first-order valence-corrected chi connectivity index (χ1v) is 15.4. The van der Waals surface area contributed by atoms with Crippen LogP contribution in [0.25, 0.3) is 0 Å². The third-order valence-electron chi connectivity index (χ3n) is 8.89. The van der Waals surface area contributed by atoms with E-state index in [2.05, 4.69) is 65.6 Å². The lowest BCUT2D eigenvalue weighted by Crippen LogP contribution is -2.35. The lowest BCUT2D eigenvalue weighted by atomic mass is 9.80. The zero-order valence-corrected chi connectivity index (χ0v) is 23.8. The second-order valence-electron chi connectivity index (χ2n) is 11.6. The summed E-state index contributed by atoms with van der Waals surface area (Å²) in [5.41, 5.74) is 5.43. The van der Waals surface area contributed by atoms with Crippen LogP contribution < -0.4 is 0 Å². The van der Waals surface area contributed by atoms with Crippen molar-refractivity contribution in [1.29, 1.82) is 0 Å². The van der Waals surface area contributed by atoms with Crippen LogP contribution in [0.1, 0.15) is 96.1 Å². The van der Waals surface area contributed by atoms with Gasteiger partial charge in [0.25, 0.3) is 0 Å². The number of nitrogens with zero attached hydrogens (tertiary/aromatic N) is 1. The summed E-state index contributed by atoms with van der Waals surface area (Å²) in [5.74, 6) is 1.08. The molecule has 2 aliphatic rings. The van der Waals surface area contributed by atoms with Crippen molar-refractivity contribution >= 4 is 11.6 Å². The highest BCUT2D eigenvalue weighted by atomic mass is 16.1. The van der Waals surface area contributed by atoms with Gasteiger partial charge in [-0.3, -0.25) is 9.59 Å². The topological polar surface area (TPSA) is 37.4 Å². The summed E-state index contributed by atoms with van der Waals surface area (Å²) in [4.78, 5) is 28.6. The molecule has 1 saturated heterocycles. The lowest BCUT2D eigenvalue weighted by molar-refractivity contribution is 0.0876. The van der Waals surface area contributed by atoms with Gasteiger partial charge in [-0.1, -0.05) is 85.3 Å². The SMILES string of the molecule is O=C(/C=C/CCCCCc1ccccc1)c1ccc2c(c1)CCC(CCN1CCC(c3ccccc3)CC1)C2=O.[HH]. The largest absolute Gasteiger partial charge is 0.303 e. The highest BCUT2D eigenvalue weighted by Crippen LogP contribution is 2.31. The van der Waals surface area contributed by atoms with Crippen molar-refractivity contribution in [3.63, 3.8) is 0 Å². The molecule has 3 aromatic rings. The molecule has 0 aromatic heterocycles. The van der Waals surface area contributed by atoms with E-state index < -0.39 is 0 Å². The fourth-order valence-corrected chi connectivity index (χ4v) is 6.40. The fourth-order valence-electron chi connectivity index (χ4n) is 6.40. The Balaban J connectivity index is 0.00000387. The molecule has 1 aliphatic heterocycles. The number of carbonyl (C=O) groups is 2. The molecular weight excluding hydrogens is 490 g/mol. The average Bonchev–Trinajstić information content (AvgIpc) is 3.01. The molecule has 5 rings (SSSR count). The van der Waals surface area contributed by atoms with Crippen LogP contribution in [0.5, 0.6) is 0 Å². The minimum atomic E-state index is 0. The Kier molecular flexibility index (Phi) is 10.1. The molecular formula is C37H45NO2. The van der Waals surface area contributed by atoms with E-state index in [9.17, 15) is 9.59 Å². The number of allylic oxidation sites excluding steroid dienone is 2. The van der Waals surface area contributed by atoms with Crippen LogP contribution in [0.2, 0.25) is 0 Å². The van der Waals surface area contributed by atoms with Gasteiger partial charge in [-0.25, -0.2) is 0 Å². The molecule has 1 fully saturated rings. The zero-order chi connectivity index (χ0) is 27.6. The molecule has 3 nitrogen and oxygen atoms in total. The van der Waals surface area contributed by atoms with Gasteiger partial charge in [-0.15, -0.1) is 0 Å². The van der Waals surface area contributed by atoms with Gasteiger partial charge in [0.1, 0.15) is 0 Å². The number of unbranched alkanes of at least 4 members (excludes halogenated alkanes) is 3. The van der Waals surface area contributed by atoms with Crippen LogP contribution in [0.15, 0.2) is 91.0 Å². The number of piperidine rings is 1. The average molecular weight is 536 g/mol. The zero-order valence-electron chi connectivity index (χ0n) is 23.8. The molecule has 1 unspecified atom stereocenters. The summed E-state index contributed by atoms with van der Waals surface area (Å²) < 4.78 is 0. The summed E-state index contributed by atoms with van der Waals surface area (Å²) in [6.07, 6.45) is 14.3. The molecule has 1 aliphatic carbocycles. The van der Waals surface area contributed by atoms with Crippen LogP contribution in [-0.2, 0) is 12.8 Å². The van der Waals surface area contributed by atoms with Crippen LogP contribution >= 0.6 is 0 Å². The van der Waals surface area contributed by atoms with Gasteiger partial charge in [0.15, 0.2) is 11.6 Å². The third-order valence-corrected chi connectivity index (χ3v) is 8.89. The highest BCUT2D eigenvalue weighted by molar-refractivity contribution is 6.06. The van der Waals surface area contributed by atoms with Crippen LogP contribution in [0, 0.1) is 5.92 Å². The van der Waals surface area contributed by atoms with Gasteiger partial charge >= 0.3 is 0 Å². The molecule has 1 atom stereocenters. The summed E-state index contributed by atoms with van der Waals surface area (Å²) in [7, 11) is 0. The molecule has 0 spiro atoms. The predicted molar refractivity (Wildman–Crippen MR) is 166 cm³/mol. The summed E-state index contributed by atoms with van der Waals surface area (Å²) in [6.45, 7) is 3.23. The van der Waals surface area contributed by atoms with E-state index >= 15 is 0 Å². The Morgan fingerprint density at radius 2 is 1.62 bits per heavy atom. The van der Waals surface area contributed by atoms with Gasteiger partial charge < -0.3 is 4.90 Å². The van der Waals surface area contributed by atoms with E-state index in [0.717, 1.165) is 69.3 Å². The minimum absolute atomic E-state index is 0. The van der Waals surface area contributed by atoms with Crippen molar-refractivity contribution in [2.24, 2.45) is 5.92 Å². The van der Waals surface area contributed by atoms with Gasteiger partial charge in [-0.05, 0) is 112 Å². The Bertz CT molecular complexity index is 1280. The number of likely N-dealkylation sites (tertiary alicyclic amines) is 1. The maximum Gasteiger partial charge on any atom is 0.185 e. The maximum absolute atomic E-state index is 13.3. The molecule has 1 heterocycles. The molecule has 0 radical (unpaired) electrons. The lowest BCUT2D eigenvalue weighted by Gasteiger charge is -2.33. The van der Waals surface area contributed by atoms with E-state index in [0.29, 0.717) is 11.5 Å². The third kappa shape index (κ3) is 7.67. The van der Waals surface area contributed by atoms with Crippen molar-refractivity contribution in [3.05, 3.63) is 119 Å². The predicted octanol–water partition coefficient (Wildman–Crippen LogP) is 8.49. The smallest absolute Gasteiger partial charge is 0.185 e. The van der Waals surface area contributed by atoms with Gasteiger partial charge in [-0.2, -0.15) is 0 Å². The quantitative estimate of drug-likeness (QED) is 0.133. The Hall–Kier alpha value is -3.30. The normalized spacial score (nSPS) is 18.2. The molecule has 0 amide bonds. The number of ketones is 2. The summed E-state index contributed by atoms with van der Waals surface area (Å²) in [5, 5.41) is 0. The van der Waals surface area contributed by atoms with Crippen molar-refractivity contribution in [3.8, 4) is 0 Å². The number of hydrogen-bond donors (Lipinski definition) is 0. The van der Waals surface area contributed by atoms with Gasteiger partial charge in [0, 0.05) is 18.5 Å². The number of fused-ring (bicyclic) bond motifs is 1. The number of hydrogen-bond acceptors (Lipinski definition) is 3. The molecule has 0 bridgehead atoms. The number of rotatable bonds is 12. The first kappa shape index (κ1) is 28.2. The van der Waals surface area contributed by atoms with Crippen LogP contribution in [-0.4, -0.2) is 36.1 Å². The standard InChI is InChI=1S/C37H43NO2.H2/c39-36(17-11-3-1-2-6-12-29-13-7-4-8-14-29)34-20-21-35-33(28-34)19-18-32(37(35)40)24-27-38-25-22-31(23-26-38)30-15-9-5-10-16-30;/h4-5,7-11,13-17,20-21,28,31-32H,1-3,6,12,18-19,22-27H2;1H/b17-11+;. The monoisotopic (exact) mass is 535 g/mol. The number of aryl methyl sites for hydroxylation is 2. The molecule has 0 N–H and O–H groups in total. The second-order valence-corrected chi connectivity index (χ2v) is 11.6. The number of Topliss-reactive ketones (excluding diaryl/α,β-unsaturated/α-hetero) is 1. The van der Waals surface area contributed by atoms with Gasteiger partial charge in [0.05, 0.1) is 0 Å². The number of benzene rings is 3. The minimum Gasteiger partial charge on any atom is -0.303 e. The van der Waals surface area contributed by atoms with Crippen molar-refractivity contribution in [2.45, 2.75) is 70.1 Å². The van der Waals surface area contributed by atoms with Crippen LogP contribution in [0.4, 0.5) is 0 Å². The molecule has 210 valence electrons. The molecule has 3 heteroatoms. The first-order valence-electron chi connectivity index (χ1n) is 15.4. The Morgan fingerprint density at radius 1 is 0.875 bits per heavy atom. The molecule has 40 heavy (non-hydrogen) atoms. The van der Waals surface area contributed by atoms with E-state index in [1.165, 1.54) is 36.8 Å². The number of carbonyl (C=O) groups excluding carboxylic acids is 2. The van der Waals surface area contributed by atoms with E-state index in [4.69, 9.17) is 0 Å². The van der Waals surface area contributed by atoms with Gasteiger partial charge in [0.2, 0.25) is 0 Å². The van der Waals surface area contributed by atoms with E-state index in [-0.39, 0.29) is 18.9 Å².